The fourth-order valence-electron chi connectivity index (χ4n) is 4.34. The SMILES string of the molecule is O=C1NCCN1c1cccc(CCCCOCCCCCCNC[C@H](O)c2ccc(O)c(CO)c2)c1. The van der Waals surface area contributed by atoms with Gasteiger partial charge in [0.2, 0.25) is 0 Å². The van der Waals surface area contributed by atoms with E-state index in [9.17, 15) is 20.1 Å². The number of rotatable bonds is 17. The van der Waals surface area contributed by atoms with Gasteiger partial charge < -0.3 is 30.7 Å². The van der Waals surface area contributed by atoms with Crippen molar-refractivity contribution in [2.45, 2.75) is 57.7 Å². The molecule has 0 aliphatic carbocycles. The lowest BCUT2D eigenvalue weighted by Crippen LogP contribution is -2.27. The molecule has 2 aromatic rings. The molecule has 8 heteroatoms. The molecule has 8 nitrogen and oxygen atoms in total. The molecule has 2 amide bonds. The van der Waals surface area contributed by atoms with E-state index in [2.05, 4.69) is 22.8 Å². The van der Waals surface area contributed by atoms with Crippen molar-refractivity contribution in [3.8, 4) is 5.75 Å². The van der Waals surface area contributed by atoms with E-state index in [1.54, 1.807) is 17.0 Å². The summed E-state index contributed by atoms with van der Waals surface area (Å²) in [6.07, 6.45) is 6.76. The molecule has 36 heavy (non-hydrogen) atoms. The molecule has 1 saturated heterocycles. The number of benzene rings is 2. The van der Waals surface area contributed by atoms with Crippen LogP contribution >= 0.6 is 0 Å². The minimum absolute atomic E-state index is 0.0146. The van der Waals surface area contributed by atoms with E-state index in [4.69, 9.17) is 4.74 Å². The standard InChI is InChI=1S/C28H41N3O5/c32-21-24-19-23(11-12-26(24)33)27(34)20-29-13-4-1-2-5-16-36-17-6-3-8-22-9-7-10-25(18-22)31-15-14-30-28(31)35/h7,9-12,18-19,27,29,32-34H,1-6,8,13-17,20-21H2,(H,30,35)/t27-/m0/s1. The fourth-order valence-corrected chi connectivity index (χ4v) is 4.34. The van der Waals surface area contributed by atoms with E-state index in [-0.39, 0.29) is 18.4 Å². The molecule has 1 fully saturated rings. The predicted molar refractivity (Wildman–Crippen MR) is 141 cm³/mol. The van der Waals surface area contributed by atoms with Gasteiger partial charge >= 0.3 is 6.03 Å². The van der Waals surface area contributed by atoms with Gasteiger partial charge in [0.05, 0.1) is 12.7 Å². The number of hydrogen-bond donors (Lipinski definition) is 5. The quantitative estimate of drug-likeness (QED) is 0.212. The van der Waals surface area contributed by atoms with Gasteiger partial charge in [-0.25, -0.2) is 4.79 Å². The maximum Gasteiger partial charge on any atom is 0.321 e. The predicted octanol–water partition coefficient (Wildman–Crippen LogP) is 3.64. The second kappa shape index (κ2) is 15.5. The van der Waals surface area contributed by atoms with Crippen LogP contribution in [0.3, 0.4) is 0 Å². The molecule has 0 bridgehead atoms. The molecule has 3 rings (SSSR count). The first-order chi connectivity index (χ1) is 17.6. The third-order valence-corrected chi connectivity index (χ3v) is 6.47. The van der Waals surface area contributed by atoms with Gasteiger partial charge in [0.25, 0.3) is 0 Å². The minimum atomic E-state index is -0.667. The minimum Gasteiger partial charge on any atom is -0.508 e. The first-order valence-corrected chi connectivity index (χ1v) is 13.1. The van der Waals surface area contributed by atoms with Gasteiger partial charge in [0.1, 0.15) is 5.75 Å². The number of aliphatic hydroxyl groups excluding tert-OH is 2. The topological polar surface area (TPSA) is 114 Å². The Balaban J connectivity index is 1.14. The third kappa shape index (κ3) is 9.09. The number of aromatic hydroxyl groups is 1. The second-order valence-electron chi connectivity index (χ2n) is 9.30. The average molecular weight is 500 g/mol. The number of nitrogens with zero attached hydrogens (tertiary/aromatic N) is 1. The Morgan fingerprint density at radius 3 is 2.61 bits per heavy atom. The lowest BCUT2D eigenvalue weighted by molar-refractivity contribution is 0.126. The summed E-state index contributed by atoms with van der Waals surface area (Å²) >= 11 is 0. The molecule has 198 valence electrons. The first kappa shape index (κ1) is 27.9. The van der Waals surface area contributed by atoms with E-state index in [1.165, 1.54) is 11.6 Å². The smallest absolute Gasteiger partial charge is 0.321 e. The normalized spacial score (nSPS) is 14.3. The van der Waals surface area contributed by atoms with Gasteiger partial charge in [-0.3, -0.25) is 4.90 Å². The highest BCUT2D eigenvalue weighted by Crippen LogP contribution is 2.22. The van der Waals surface area contributed by atoms with Crippen molar-refractivity contribution in [1.82, 2.24) is 10.6 Å². The maximum atomic E-state index is 11.8. The number of urea groups is 1. The summed E-state index contributed by atoms with van der Waals surface area (Å²) < 4.78 is 5.78. The molecule has 0 unspecified atom stereocenters. The number of anilines is 1. The van der Waals surface area contributed by atoms with E-state index in [0.29, 0.717) is 24.2 Å². The zero-order chi connectivity index (χ0) is 25.6. The van der Waals surface area contributed by atoms with Crippen LogP contribution in [0.5, 0.6) is 5.75 Å². The van der Waals surface area contributed by atoms with Crippen molar-refractivity contribution in [3.63, 3.8) is 0 Å². The number of aryl methyl sites for hydroxylation is 1. The highest BCUT2D eigenvalue weighted by Gasteiger charge is 2.20. The number of unbranched alkanes of at least 4 members (excludes halogenated alkanes) is 4. The fraction of sp³-hybridized carbons (Fsp3) is 0.536. The van der Waals surface area contributed by atoms with Gasteiger partial charge in [0.15, 0.2) is 0 Å². The zero-order valence-corrected chi connectivity index (χ0v) is 21.1. The summed E-state index contributed by atoms with van der Waals surface area (Å²) in [5.74, 6) is 0.0433. The lowest BCUT2D eigenvalue weighted by Gasteiger charge is -2.15. The van der Waals surface area contributed by atoms with Crippen LogP contribution in [0.25, 0.3) is 0 Å². The van der Waals surface area contributed by atoms with E-state index >= 15 is 0 Å². The number of nitrogens with one attached hydrogen (secondary N) is 2. The van der Waals surface area contributed by atoms with Crippen molar-refractivity contribution in [1.29, 1.82) is 0 Å². The van der Waals surface area contributed by atoms with Gasteiger partial charge in [-0.15, -0.1) is 0 Å². The highest BCUT2D eigenvalue weighted by molar-refractivity contribution is 5.94. The molecular formula is C28H41N3O5. The Morgan fingerprint density at radius 1 is 1.03 bits per heavy atom. The van der Waals surface area contributed by atoms with Crippen LogP contribution in [0.1, 0.15) is 61.3 Å². The number of carbonyl (C=O) groups is 1. The van der Waals surface area contributed by atoms with Crippen LogP contribution in [0, 0.1) is 0 Å². The van der Waals surface area contributed by atoms with E-state index in [0.717, 1.165) is 76.9 Å². The molecule has 1 aliphatic heterocycles. The van der Waals surface area contributed by atoms with E-state index in [1.807, 2.05) is 12.1 Å². The molecule has 1 heterocycles. The monoisotopic (exact) mass is 499 g/mol. The molecule has 0 saturated carbocycles. The van der Waals surface area contributed by atoms with Crippen molar-refractivity contribution in [3.05, 3.63) is 59.2 Å². The summed E-state index contributed by atoms with van der Waals surface area (Å²) in [6, 6.07) is 13.0. The summed E-state index contributed by atoms with van der Waals surface area (Å²) in [7, 11) is 0. The molecule has 2 aromatic carbocycles. The van der Waals surface area contributed by atoms with Crippen LogP contribution in [-0.4, -0.2) is 60.7 Å². The second-order valence-corrected chi connectivity index (χ2v) is 9.30. The molecule has 1 atom stereocenters. The molecule has 5 N–H and O–H groups in total. The summed E-state index contributed by atoms with van der Waals surface area (Å²) in [5, 5.41) is 35.2. The van der Waals surface area contributed by atoms with Gasteiger partial charge in [-0.2, -0.15) is 0 Å². The number of carbonyl (C=O) groups excluding carboxylic acids is 1. The van der Waals surface area contributed by atoms with Crippen molar-refractivity contribution in [2.75, 3.05) is 44.3 Å². The third-order valence-electron chi connectivity index (χ3n) is 6.47. The van der Waals surface area contributed by atoms with Crippen LogP contribution in [0.4, 0.5) is 10.5 Å². The number of phenols is 1. The van der Waals surface area contributed by atoms with Crippen molar-refractivity contribution < 1.29 is 24.9 Å². The van der Waals surface area contributed by atoms with Crippen molar-refractivity contribution >= 4 is 11.7 Å². The number of hydrogen-bond acceptors (Lipinski definition) is 6. The molecule has 0 spiro atoms. The lowest BCUT2D eigenvalue weighted by atomic mass is 10.1. The Bertz CT molecular complexity index is 939. The summed E-state index contributed by atoms with van der Waals surface area (Å²) in [4.78, 5) is 13.6. The van der Waals surface area contributed by atoms with E-state index < -0.39 is 6.10 Å². The molecule has 1 aliphatic rings. The Kier molecular flexibility index (Phi) is 12.0. The van der Waals surface area contributed by atoms with Crippen LogP contribution < -0.4 is 15.5 Å². The van der Waals surface area contributed by atoms with Crippen molar-refractivity contribution in [2.24, 2.45) is 0 Å². The Hall–Kier alpha value is -2.65. The Morgan fingerprint density at radius 2 is 1.83 bits per heavy atom. The number of ether oxygens (including phenoxy) is 1. The number of amides is 2. The largest absolute Gasteiger partial charge is 0.508 e. The summed E-state index contributed by atoms with van der Waals surface area (Å²) in [5.41, 5.74) is 3.34. The average Bonchev–Trinajstić information content (AvgIpc) is 3.33. The Labute approximate surface area is 214 Å². The molecular weight excluding hydrogens is 458 g/mol. The number of aliphatic hydroxyl groups is 2. The van der Waals surface area contributed by atoms with Crippen LogP contribution in [0.2, 0.25) is 0 Å². The van der Waals surface area contributed by atoms with Gasteiger partial charge in [-0.05, 0) is 74.0 Å². The zero-order valence-electron chi connectivity index (χ0n) is 21.1. The first-order valence-electron chi connectivity index (χ1n) is 13.1. The van der Waals surface area contributed by atoms with Gasteiger partial charge in [0, 0.05) is 44.1 Å². The highest BCUT2D eigenvalue weighted by atomic mass is 16.5. The van der Waals surface area contributed by atoms with Crippen LogP contribution in [-0.2, 0) is 17.8 Å². The van der Waals surface area contributed by atoms with Crippen LogP contribution in [0.15, 0.2) is 42.5 Å². The summed E-state index contributed by atoms with van der Waals surface area (Å²) in [6.45, 7) is 4.03. The molecule has 0 radical (unpaired) electrons. The maximum absolute atomic E-state index is 11.8. The van der Waals surface area contributed by atoms with Gasteiger partial charge in [-0.1, -0.05) is 31.0 Å². The molecule has 0 aromatic heterocycles.